The molecule has 9 heteroatoms. The molecule has 0 atom stereocenters. The molecule has 0 aliphatic rings. The van der Waals surface area contributed by atoms with Gasteiger partial charge in [-0.15, -0.1) is 15.3 Å². The lowest BCUT2D eigenvalue weighted by Gasteiger charge is -2.07. The van der Waals surface area contributed by atoms with E-state index >= 15 is 0 Å². The highest BCUT2D eigenvalue weighted by Gasteiger charge is 2.10. The van der Waals surface area contributed by atoms with Gasteiger partial charge in [0.25, 0.3) is 5.91 Å². The van der Waals surface area contributed by atoms with Crippen molar-refractivity contribution < 1.29 is 13.9 Å². The normalized spacial score (nSPS) is 10.9. The Balaban J connectivity index is 1.55. The molecule has 3 rings (SSSR count). The fourth-order valence-electron chi connectivity index (χ4n) is 2.64. The standard InChI is InChI=1S/C19H23FN6O2/c1-2-28-12-4-10-21-16-7-8-17-23-24-18(26(17)25-16)9-11-22-19(27)14-5-3-6-15(20)13-14/h3,5-8,13H,2,4,9-12H2,1H3,(H,21,25)(H,22,27). The number of carbonyl (C=O) groups excluding carboxylic acids is 1. The third-order valence-electron chi connectivity index (χ3n) is 4.02. The van der Waals surface area contributed by atoms with Gasteiger partial charge in [-0.1, -0.05) is 6.07 Å². The van der Waals surface area contributed by atoms with E-state index in [1.165, 1.54) is 18.2 Å². The number of rotatable bonds is 10. The fraction of sp³-hybridized carbons (Fsp3) is 0.368. The Morgan fingerprint density at radius 2 is 2.11 bits per heavy atom. The van der Waals surface area contributed by atoms with Gasteiger partial charge in [0.2, 0.25) is 0 Å². The van der Waals surface area contributed by atoms with E-state index in [0.717, 1.165) is 13.0 Å². The number of hydrogen-bond acceptors (Lipinski definition) is 6. The monoisotopic (exact) mass is 386 g/mol. The Hall–Kier alpha value is -3.07. The summed E-state index contributed by atoms with van der Waals surface area (Å²) in [6.07, 6.45) is 1.33. The zero-order valence-corrected chi connectivity index (χ0v) is 15.7. The summed E-state index contributed by atoms with van der Waals surface area (Å²) in [6.45, 7) is 4.47. The molecular weight excluding hydrogens is 363 g/mol. The van der Waals surface area contributed by atoms with Crippen molar-refractivity contribution in [2.24, 2.45) is 0 Å². The predicted molar refractivity (Wildman–Crippen MR) is 103 cm³/mol. The number of aromatic nitrogens is 4. The first kappa shape index (κ1) is 19.7. The molecule has 0 saturated heterocycles. The molecule has 8 nitrogen and oxygen atoms in total. The molecule has 1 aromatic carbocycles. The van der Waals surface area contributed by atoms with Crippen LogP contribution in [-0.4, -0.2) is 52.0 Å². The molecule has 2 aromatic heterocycles. The molecule has 2 heterocycles. The van der Waals surface area contributed by atoms with Crippen molar-refractivity contribution >= 4 is 17.4 Å². The maximum Gasteiger partial charge on any atom is 0.251 e. The summed E-state index contributed by atoms with van der Waals surface area (Å²) in [5.41, 5.74) is 0.911. The maximum absolute atomic E-state index is 13.2. The number of amides is 1. The number of ether oxygens (including phenoxy) is 1. The van der Waals surface area contributed by atoms with Crippen molar-refractivity contribution in [1.29, 1.82) is 0 Å². The maximum atomic E-state index is 13.2. The molecular formula is C19H23FN6O2. The second-order valence-corrected chi connectivity index (χ2v) is 6.10. The molecule has 0 aliphatic carbocycles. The van der Waals surface area contributed by atoms with Crippen molar-refractivity contribution in [2.45, 2.75) is 19.8 Å². The van der Waals surface area contributed by atoms with Gasteiger partial charge in [-0.2, -0.15) is 4.52 Å². The minimum atomic E-state index is -0.443. The average Bonchev–Trinajstić information content (AvgIpc) is 3.10. The van der Waals surface area contributed by atoms with Crippen LogP contribution in [0.5, 0.6) is 0 Å². The molecule has 2 N–H and O–H groups in total. The lowest BCUT2D eigenvalue weighted by atomic mass is 10.2. The SMILES string of the molecule is CCOCCCNc1ccc2nnc(CCNC(=O)c3cccc(F)c3)n2n1. The van der Waals surface area contributed by atoms with Gasteiger partial charge in [-0.3, -0.25) is 4.79 Å². The fourth-order valence-corrected chi connectivity index (χ4v) is 2.64. The highest BCUT2D eigenvalue weighted by Crippen LogP contribution is 2.08. The summed E-state index contributed by atoms with van der Waals surface area (Å²) in [4.78, 5) is 12.1. The summed E-state index contributed by atoms with van der Waals surface area (Å²) in [5.74, 6) is 0.570. The van der Waals surface area contributed by atoms with Crippen LogP contribution in [0.3, 0.4) is 0 Å². The molecule has 0 bridgehead atoms. The number of nitrogens with zero attached hydrogens (tertiary/aromatic N) is 4. The smallest absolute Gasteiger partial charge is 0.251 e. The van der Waals surface area contributed by atoms with E-state index in [4.69, 9.17) is 4.74 Å². The zero-order chi connectivity index (χ0) is 19.8. The summed E-state index contributed by atoms with van der Waals surface area (Å²) >= 11 is 0. The van der Waals surface area contributed by atoms with E-state index in [9.17, 15) is 9.18 Å². The van der Waals surface area contributed by atoms with Gasteiger partial charge in [0.1, 0.15) is 11.6 Å². The molecule has 0 radical (unpaired) electrons. The van der Waals surface area contributed by atoms with E-state index in [1.807, 2.05) is 19.1 Å². The number of fused-ring (bicyclic) bond motifs is 1. The Morgan fingerprint density at radius 1 is 1.21 bits per heavy atom. The van der Waals surface area contributed by atoms with Gasteiger partial charge in [0.15, 0.2) is 11.5 Å². The van der Waals surface area contributed by atoms with Crippen LogP contribution < -0.4 is 10.6 Å². The zero-order valence-electron chi connectivity index (χ0n) is 15.7. The summed E-state index contributed by atoms with van der Waals surface area (Å²) in [5, 5.41) is 18.7. The number of halogens is 1. The summed E-state index contributed by atoms with van der Waals surface area (Å²) in [7, 11) is 0. The van der Waals surface area contributed by atoms with E-state index in [2.05, 4.69) is 25.9 Å². The van der Waals surface area contributed by atoms with Crippen LogP contribution in [0.2, 0.25) is 0 Å². The quantitative estimate of drug-likeness (QED) is 0.518. The molecule has 148 valence electrons. The first-order valence-corrected chi connectivity index (χ1v) is 9.24. The van der Waals surface area contributed by atoms with Crippen molar-refractivity contribution in [1.82, 2.24) is 25.1 Å². The predicted octanol–water partition coefficient (Wildman–Crippen LogP) is 2.07. The number of anilines is 1. The molecule has 0 unspecified atom stereocenters. The molecule has 28 heavy (non-hydrogen) atoms. The highest BCUT2D eigenvalue weighted by atomic mass is 19.1. The Morgan fingerprint density at radius 3 is 2.93 bits per heavy atom. The van der Waals surface area contributed by atoms with Gasteiger partial charge in [-0.05, 0) is 43.7 Å². The summed E-state index contributed by atoms with van der Waals surface area (Å²) < 4.78 is 20.2. The Labute approximate surface area is 162 Å². The van der Waals surface area contributed by atoms with Crippen LogP contribution in [0.15, 0.2) is 36.4 Å². The molecule has 3 aromatic rings. The molecule has 0 fully saturated rings. The molecule has 0 spiro atoms. The number of benzene rings is 1. The van der Waals surface area contributed by atoms with Crippen molar-refractivity contribution in [3.63, 3.8) is 0 Å². The third kappa shape index (κ3) is 5.23. The van der Waals surface area contributed by atoms with Crippen LogP contribution >= 0.6 is 0 Å². The van der Waals surface area contributed by atoms with Gasteiger partial charge in [0, 0.05) is 38.3 Å². The lowest BCUT2D eigenvalue weighted by molar-refractivity contribution is 0.0953. The number of nitrogens with one attached hydrogen (secondary N) is 2. The van der Waals surface area contributed by atoms with Crippen LogP contribution in [-0.2, 0) is 11.2 Å². The lowest BCUT2D eigenvalue weighted by Crippen LogP contribution is -2.26. The van der Waals surface area contributed by atoms with Gasteiger partial charge < -0.3 is 15.4 Å². The topological polar surface area (TPSA) is 93.4 Å². The van der Waals surface area contributed by atoms with Crippen LogP contribution in [0.1, 0.15) is 29.5 Å². The van der Waals surface area contributed by atoms with Crippen LogP contribution in [0.4, 0.5) is 10.2 Å². The highest BCUT2D eigenvalue weighted by molar-refractivity contribution is 5.94. The van der Waals surface area contributed by atoms with Gasteiger partial charge in [0.05, 0.1) is 0 Å². The largest absolute Gasteiger partial charge is 0.382 e. The van der Waals surface area contributed by atoms with Gasteiger partial charge >= 0.3 is 0 Å². The summed E-state index contributed by atoms with van der Waals surface area (Å²) in [6, 6.07) is 9.25. The van der Waals surface area contributed by atoms with Crippen molar-refractivity contribution in [3.05, 3.63) is 53.6 Å². The van der Waals surface area contributed by atoms with E-state index < -0.39 is 5.82 Å². The Bertz CT molecular complexity index is 930. The van der Waals surface area contributed by atoms with Crippen molar-refractivity contribution in [2.75, 3.05) is 31.6 Å². The number of hydrogen-bond donors (Lipinski definition) is 2. The van der Waals surface area contributed by atoms with Gasteiger partial charge in [-0.25, -0.2) is 4.39 Å². The second-order valence-electron chi connectivity index (χ2n) is 6.10. The minimum absolute atomic E-state index is 0.280. The molecule has 1 amide bonds. The second kappa shape index (κ2) is 9.75. The van der Waals surface area contributed by atoms with Crippen LogP contribution in [0.25, 0.3) is 5.65 Å². The third-order valence-corrected chi connectivity index (χ3v) is 4.02. The molecule has 0 aliphatic heterocycles. The number of carbonyl (C=O) groups is 1. The van der Waals surface area contributed by atoms with Crippen LogP contribution in [0, 0.1) is 5.82 Å². The minimum Gasteiger partial charge on any atom is -0.382 e. The van der Waals surface area contributed by atoms with E-state index in [-0.39, 0.29) is 11.5 Å². The van der Waals surface area contributed by atoms with E-state index in [0.29, 0.717) is 43.5 Å². The first-order valence-electron chi connectivity index (χ1n) is 9.24. The molecule has 0 saturated carbocycles. The first-order chi connectivity index (χ1) is 13.7. The van der Waals surface area contributed by atoms with E-state index in [1.54, 1.807) is 10.6 Å². The van der Waals surface area contributed by atoms with Crippen molar-refractivity contribution in [3.8, 4) is 0 Å². The average molecular weight is 386 g/mol. The Kier molecular flexibility index (Phi) is 6.85.